The molecule has 0 radical (unpaired) electrons. The average molecular weight is 452 g/mol. The molecule has 3 aromatic rings. The molecular weight excluding hydrogens is 430 g/mol. The zero-order valence-electron chi connectivity index (χ0n) is 16.7. The van der Waals surface area contributed by atoms with Crippen molar-refractivity contribution in [3.05, 3.63) is 41.7 Å². The molecular formula is C18H22ClN7O3S. The standard InChI is InChI=1S/C18H22ClN7O3S/c1-4-9-26-16(7-8-21-26)23-18-20-11-13(19)17(24-18)22-14-6-5-12(29-2)10-15(14)25-30(3,27)28/h5-8,10-11,25H,4,9H2,1-3H3,(H2,20,22,23,24). The monoisotopic (exact) mass is 451 g/mol. The van der Waals surface area contributed by atoms with E-state index < -0.39 is 10.0 Å². The summed E-state index contributed by atoms with van der Waals surface area (Å²) in [4.78, 5) is 8.61. The smallest absolute Gasteiger partial charge is 0.230 e. The van der Waals surface area contributed by atoms with Crippen molar-refractivity contribution < 1.29 is 13.2 Å². The van der Waals surface area contributed by atoms with Crippen molar-refractivity contribution in [3.63, 3.8) is 0 Å². The van der Waals surface area contributed by atoms with Gasteiger partial charge in [0.2, 0.25) is 16.0 Å². The van der Waals surface area contributed by atoms with E-state index in [1.165, 1.54) is 13.3 Å². The second kappa shape index (κ2) is 9.18. The molecule has 160 valence electrons. The Hall–Kier alpha value is -3.05. The lowest BCUT2D eigenvalue weighted by atomic mass is 10.2. The van der Waals surface area contributed by atoms with E-state index in [1.807, 2.05) is 10.7 Å². The van der Waals surface area contributed by atoms with Crippen LogP contribution in [0, 0.1) is 0 Å². The first kappa shape index (κ1) is 21.7. The van der Waals surface area contributed by atoms with Crippen LogP contribution in [0.25, 0.3) is 0 Å². The van der Waals surface area contributed by atoms with Crippen LogP contribution in [-0.4, -0.2) is 41.5 Å². The Morgan fingerprint density at radius 3 is 2.70 bits per heavy atom. The summed E-state index contributed by atoms with van der Waals surface area (Å²) in [6.45, 7) is 2.81. The normalized spacial score (nSPS) is 11.2. The topological polar surface area (TPSA) is 123 Å². The molecule has 10 nitrogen and oxygen atoms in total. The zero-order valence-corrected chi connectivity index (χ0v) is 18.3. The molecule has 0 unspecified atom stereocenters. The third kappa shape index (κ3) is 5.51. The average Bonchev–Trinajstić information content (AvgIpc) is 3.11. The van der Waals surface area contributed by atoms with Crippen molar-refractivity contribution in [1.29, 1.82) is 0 Å². The molecule has 1 aromatic carbocycles. The zero-order chi connectivity index (χ0) is 21.7. The van der Waals surface area contributed by atoms with Crippen molar-refractivity contribution >= 4 is 50.6 Å². The Labute approximate surface area is 179 Å². The van der Waals surface area contributed by atoms with E-state index in [9.17, 15) is 8.42 Å². The molecule has 12 heteroatoms. The number of hydrogen-bond donors (Lipinski definition) is 3. The molecule has 0 saturated carbocycles. The minimum atomic E-state index is -3.51. The second-order valence-corrected chi connectivity index (χ2v) is 8.52. The van der Waals surface area contributed by atoms with E-state index in [-0.39, 0.29) is 5.02 Å². The number of halogens is 1. The largest absolute Gasteiger partial charge is 0.497 e. The molecule has 2 heterocycles. The second-order valence-electron chi connectivity index (χ2n) is 6.37. The Morgan fingerprint density at radius 1 is 1.20 bits per heavy atom. The van der Waals surface area contributed by atoms with Gasteiger partial charge in [-0.05, 0) is 18.6 Å². The molecule has 2 aromatic heterocycles. The van der Waals surface area contributed by atoms with Crippen molar-refractivity contribution in [2.75, 3.05) is 28.7 Å². The van der Waals surface area contributed by atoms with Crippen LogP contribution in [0.2, 0.25) is 5.02 Å². The Morgan fingerprint density at radius 2 is 2.00 bits per heavy atom. The maximum absolute atomic E-state index is 11.7. The van der Waals surface area contributed by atoms with E-state index in [0.29, 0.717) is 28.9 Å². The van der Waals surface area contributed by atoms with Gasteiger partial charge in [0.1, 0.15) is 16.6 Å². The summed E-state index contributed by atoms with van der Waals surface area (Å²) in [5.74, 6) is 1.85. The molecule has 0 spiro atoms. The number of sulfonamides is 1. The SMILES string of the molecule is CCCn1nccc1Nc1ncc(Cl)c(Nc2ccc(OC)cc2NS(C)(=O)=O)n1. The molecule has 0 aliphatic rings. The summed E-state index contributed by atoms with van der Waals surface area (Å²) in [5.41, 5.74) is 0.742. The number of nitrogens with one attached hydrogen (secondary N) is 3. The molecule has 0 aliphatic heterocycles. The van der Waals surface area contributed by atoms with Gasteiger partial charge in [0.05, 0.1) is 37.1 Å². The van der Waals surface area contributed by atoms with Gasteiger partial charge in [-0.3, -0.25) is 4.72 Å². The fourth-order valence-corrected chi connectivity index (χ4v) is 3.34. The summed E-state index contributed by atoms with van der Waals surface area (Å²) >= 11 is 6.26. The Balaban J connectivity index is 1.90. The van der Waals surface area contributed by atoms with Gasteiger partial charge in [-0.1, -0.05) is 18.5 Å². The fourth-order valence-electron chi connectivity index (χ4n) is 2.63. The van der Waals surface area contributed by atoms with Crippen molar-refractivity contribution in [2.45, 2.75) is 19.9 Å². The fraction of sp³-hybridized carbons (Fsp3) is 0.278. The summed E-state index contributed by atoms with van der Waals surface area (Å²) in [6, 6.07) is 6.72. The van der Waals surface area contributed by atoms with Crippen LogP contribution in [-0.2, 0) is 16.6 Å². The van der Waals surface area contributed by atoms with E-state index >= 15 is 0 Å². The predicted molar refractivity (Wildman–Crippen MR) is 118 cm³/mol. The molecule has 0 atom stereocenters. The van der Waals surface area contributed by atoms with E-state index in [1.54, 1.807) is 24.4 Å². The molecule has 0 bridgehead atoms. The third-order valence-corrected chi connectivity index (χ3v) is 4.78. The van der Waals surface area contributed by atoms with Crippen molar-refractivity contribution in [1.82, 2.24) is 19.7 Å². The van der Waals surface area contributed by atoms with E-state index in [2.05, 4.69) is 37.3 Å². The van der Waals surface area contributed by atoms with Crippen molar-refractivity contribution in [2.24, 2.45) is 0 Å². The third-order valence-electron chi connectivity index (χ3n) is 3.91. The molecule has 0 aliphatic carbocycles. The van der Waals surface area contributed by atoms with Crippen LogP contribution >= 0.6 is 11.6 Å². The lowest BCUT2D eigenvalue weighted by molar-refractivity contribution is 0.415. The molecule has 3 rings (SSSR count). The highest BCUT2D eigenvalue weighted by Gasteiger charge is 2.13. The first-order valence-corrected chi connectivity index (χ1v) is 11.3. The van der Waals surface area contributed by atoms with Gasteiger partial charge in [0.25, 0.3) is 0 Å². The van der Waals surface area contributed by atoms with Crippen LogP contribution in [0.5, 0.6) is 5.75 Å². The maximum Gasteiger partial charge on any atom is 0.230 e. The molecule has 3 N–H and O–H groups in total. The number of rotatable bonds is 9. The van der Waals surface area contributed by atoms with E-state index in [4.69, 9.17) is 16.3 Å². The van der Waals surface area contributed by atoms with Gasteiger partial charge < -0.3 is 15.4 Å². The number of methoxy groups -OCH3 is 1. The summed E-state index contributed by atoms with van der Waals surface area (Å²) in [6.07, 6.45) is 5.13. The van der Waals surface area contributed by atoms with Gasteiger partial charge in [-0.15, -0.1) is 0 Å². The van der Waals surface area contributed by atoms with Gasteiger partial charge in [0, 0.05) is 18.7 Å². The lowest BCUT2D eigenvalue weighted by Gasteiger charge is -2.15. The highest BCUT2D eigenvalue weighted by molar-refractivity contribution is 7.92. The van der Waals surface area contributed by atoms with Gasteiger partial charge in [-0.2, -0.15) is 10.1 Å². The number of anilines is 5. The van der Waals surface area contributed by atoms with Crippen LogP contribution < -0.4 is 20.1 Å². The van der Waals surface area contributed by atoms with E-state index in [0.717, 1.165) is 25.0 Å². The number of nitrogens with zero attached hydrogens (tertiary/aromatic N) is 4. The number of ether oxygens (including phenoxy) is 1. The first-order chi connectivity index (χ1) is 14.3. The van der Waals surface area contributed by atoms with Gasteiger partial charge in [0.15, 0.2) is 5.82 Å². The van der Waals surface area contributed by atoms with Gasteiger partial charge in [-0.25, -0.2) is 18.1 Å². The van der Waals surface area contributed by atoms with Crippen molar-refractivity contribution in [3.8, 4) is 5.75 Å². The molecule has 30 heavy (non-hydrogen) atoms. The molecule has 0 saturated heterocycles. The maximum atomic E-state index is 11.7. The summed E-state index contributed by atoms with van der Waals surface area (Å²) in [5, 5.41) is 10.7. The quantitative estimate of drug-likeness (QED) is 0.451. The van der Waals surface area contributed by atoms with Crippen LogP contribution in [0.4, 0.5) is 29.0 Å². The van der Waals surface area contributed by atoms with Crippen LogP contribution in [0.15, 0.2) is 36.7 Å². The summed E-state index contributed by atoms with van der Waals surface area (Å²) < 4.78 is 32.9. The highest BCUT2D eigenvalue weighted by atomic mass is 35.5. The first-order valence-electron chi connectivity index (χ1n) is 9.03. The van der Waals surface area contributed by atoms with Gasteiger partial charge >= 0.3 is 0 Å². The summed E-state index contributed by atoms with van der Waals surface area (Å²) in [7, 11) is -2.02. The van der Waals surface area contributed by atoms with Crippen LogP contribution in [0.3, 0.4) is 0 Å². The number of aryl methyl sites for hydroxylation is 1. The highest BCUT2D eigenvalue weighted by Crippen LogP contribution is 2.32. The minimum absolute atomic E-state index is 0.267. The molecule has 0 fully saturated rings. The minimum Gasteiger partial charge on any atom is -0.497 e. The Kier molecular flexibility index (Phi) is 6.63. The number of aromatic nitrogens is 4. The molecule has 0 amide bonds. The number of benzene rings is 1. The Bertz CT molecular complexity index is 1130. The van der Waals surface area contributed by atoms with Crippen LogP contribution in [0.1, 0.15) is 13.3 Å². The number of hydrogen-bond acceptors (Lipinski definition) is 8. The predicted octanol–water partition coefficient (Wildman–Crippen LogP) is 3.60. The lowest BCUT2D eigenvalue weighted by Crippen LogP contribution is -2.12.